The van der Waals surface area contributed by atoms with Crippen molar-refractivity contribution in [2.24, 2.45) is 14.1 Å². The fraction of sp³-hybridized carbons (Fsp3) is 0.429. The molecular weight excluding hydrogens is 217 g/mol. The number of nitrogens with zero attached hydrogens (tertiary/aromatic N) is 2. The fourth-order valence-electron chi connectivity index (χ4n) is 1.00. The van der Waals surface area contributed by atoms with E-state index in [9.17, 15) is 18.0 Å². The summed E-state index contributed by atoms with van der Waals surface area (Å²) in [4.78, 5) is 11.0. The van der Waals surface area contributed by atoms with Gasteiger partial charge in [-0.2, -0.15) is 13.2 Å². The Kier molecular flexibility index (Phi) is 2.53. The van der Waals surface area contributed by atoms with Gasteiger partial charge >= 0.3 is 6.18 Å². The third-order valence-electron chi connectivity index (χ3n) is 1.82. The number of aromatic nitrogens is 2. The van der Waals surface area contributed by atoms with Crippen molar-refractivity contribution in [2.75, 3.05) is 0 Å². The van der Waals surface area contributed by atoms with Crippen LogP contribution in [0.3, 0.4) is 0 Å². The molecular formula is C7H7F3N2OS. The molecule has 3 nitrogen and oxygen atoms in total. The second-order valence-electron chi connectivity index (χ2n) is 2.77. The summed E-state index contributed by atoms with van der Waals surface area (Å²) in [5.41, 5.74) is -1.80. The lowest BCUT2D eigenvalue weighted by atomic mass is 10.4. The molecule has 1 aromatic heterocycles. The average molecular weight is 224 g/mol. The number of hydrogen-bond acceptors (Lipinski definition) is 2. The fourth-order valence-corrected chi connectivity index (χ4v) is 1.19. The van der Waals surface area contributed by atoms with Crippen molar-refractivity contribution in [1.82, 2.24) is 9.13 Å². The molecule has 0 saturated carbocycles. The summed E-state index contributed by atoms with van der Waals surface area (Å²) in [5.74, 6) is 0. The van der Waals surface area contributed by atoms with Gasteiger partial charge in [0.05, 0.1) is 0 Å². The highest BCUT2D eigenvalue weighted by molar-refractivity contribution is 7.71. The van der Waals surface area contributed by atoms with E-state index in [1.165, 1.54) is 14.1 Å². The first-order valence-electron chi connectivity index (χ1n) is 3.59. The lowest BCUT2D eigenvalue weighted by Gasteiger charge is -2.13. The molecule has 0 saturated heterocycles. The van der Waals surface area contributed by atoms with Crippen molar-refractivity contribution < 1.29 is 13.2 Å². The van der Waals surface area contributed by atoms with Crippen molar-refractivity contribution in [3.63, 3.8) is 0 Å². The van der Waals surface area contributed by atoms with Crippen molar-refractivity contribution in [3.8, 4) is 0 Å². The van der Waals surface area contributed by atoms with Crippen LogP contribution in [0.2, 0.25) is 0 Å². The monoisotopic (exact) mass is 224 g/mol. The summed E-state index contributed by atoms with van der Waals surface area (Å²) in [7, 11) is 2.50. The summed E-state index contributed by atoms with van der Waals surface area (Å²) in [6.45, 7) is 0. The molecule has 0 amide bonds. The Balaban J connectivity index is 3.67. The van der Waals surface area contributed by atoms with E-state index in [0.29, 0.717) is 6.07 Å². The summed E-state index contributed by atoms with van der Waals surface area (Å²) in [5, 5.41) is 0. The summed E-state index contributed by atoms with van der Waals surface area (Å²) < 4.78 is 38.6. The van der Waals surface area contributed by atoms with E-state index in [1.54, 1.807) is 0 Å². The average Bonchev–Trinajstić information content (AvgIpc) is 2.06. The standard InChI is InChI=1S/C7H7F3N2OS/c1-11-4(7(8,9)10)3-5(13)12(2)6(11)14/h3H,1-2H3. The van der Waals surface area contributed by atoms with E-state index >= 15 is 0 Å². The molecule has 0 bridgehead atoms. The zero-order chi connectivity index (χ0) is 11.1. The molecule has 0 N–H and O–H groups in total. The van der Waals surface area contributed by atoms with Crippen molar-refractivity contribution in [2.45, 2.75) is 6.18 Å². The Bertz CT molecular complexity index is 471. The Morgan fingerprint density at radius 1 is 1.29 bits per heavy atom. The zero-order valence-corrected chi connectivity index (χ0v) is 8.24. The smallest absolute Gasteiger partial charge is 0.317 e. The predicted octanol–water partition coefficient (Wildman–Crippen LogP) is 1.47. The lowest BCUT2D eigenvalue weighted by Crippen LogP contribution is -2.26. The molecule has 1 rings (SSSR count). The van der Waals surface area contributed by atoms with Gasteiger partial charge in [-0.15, -0.1) is 0 Å². The van der Waals surface area contributed by atoms with Gasteiger partial charge in [0.15, 0.2) is 4.77 Å². The van der Waals surface area contributed by atoms with Gasteiger partial charge in [0, 0.05) is 20.2 Å². The number of hydrogen-bond donors (Lipinski definition) is 0. The normalized spacial score (nSPS) is 11.8. The predicted molar refractivity (Wildman–Crippen MR) is 46.5 cm³/mol. The van der Waals surface area contributed by atoms with E-state index in [-0.39, 0.29) is 4.77 Å². The lowest BCUT2D eigenvalue weighted by molar-refractivity contribution is -0.143. The van der Waals surface area contributed by atoms with E-state index in [1.807, 2.05) is 0 Å². The van der Waals surface area contributed by atoms with Gasteiger partial charge < -0.3 is 4.57 Å². The Morgan fingerprint density at radius 3 is 2.21 bits per heavy atom. The number of alkyl halides is 3. The van der Waals surface area contributed by atoms with Crippen molar-refractivity contribution in [3.05, 3.63) is 26.9 Å². The largest absolute Gasteiger partial charge is 0.431 e. The van der Waals surface area contributed by atoms with Gasteiger partial charge in [-0.1, -0.05) is 0 Å². The highest BCUT2D eigenvalue weighted by Gasteiger charge is 2.34. The first-order chi connectivity index (χ1) is 6.25. The zero-order valence-electron chi connectivity index (χ0n) is 7.42. The minimum Gasteiger partial charge on any atom is -0.317 e. The van der Waals surface area contributed by atoms with E-state index in [4.69, 9.17) is 0 Å². The quantitative estimate of drug-likeness (QED) is 0.624. The molecule has 0 fully saturated rings. The highest BCUT2D eigenvalue weighted by Crippen LogP contribution is 2.27. The van der Waals surface area contributed by atoms with Crippen LogP contribution < -0.4 is 5.56 Å². The Morgan fingerprint density at radius 2 is 1.79 bits per heavy atom. The molecule has 14 heavy (non-hydrogen) atoms. The van der Waals surface area contributed by atoms with Gasteiger partial charge in [-0.3, -0.25) is 9.36 Å². The second kappa shape index (κ2) is 3.23. The van der Waals surface area contributed by atoms with Gasteiger partial charge in [-0.25, -0.2) is 0 Å². The molecule has 0 atom stereocenters. The number of rotatable bonds is 0. The minimum absolute atomic E-state index is 0.162. The van der Waals surface area contributed by atoms with Gasteiger partial charge in [0.1, 0.15) is 5.69 Å². The third kappa shape index (κ3) is 1.72. The van der Waals surface area contributed by atoms with Crippen LogP contribution in [0.4, 0.5) is 13.2 Å². The molecule has 78 valence electrons. The summed E-state index contributed by atoms with van der Waals surface area (Å²) in [6.07, 6.45) is -4.56. The maximum atomic E-state index is 12.3. The van der Waals surface area contributed by atoms with E-state index in [0.717, 1.165) is 9.13 Å². The van der Waals surface area contributed by atoms with Crippen LogP contribution in [0.1, 0.15) is 5.69 Å². The highest BCUT2D eigenvalue weighted by atomic mass is 32.1. The molecule has 0 aliphatic heterocycles. The topological polar surface area (TPSA) is 26.9 Å². The molecule has 1 heterocycles. The van der Waals surface area contributed by atoms with Crippen molar-refractivity contribution in [1.29, 1.82) is 0 Å². The van der Waals surface area contributed by atoms with Crippen LogP contribution in [0.25, 0.3) is 0 Å². The maximum absolute atomic E-state index is 12.3. The van der Waals surface area contributed by atoms with Gasteiger partial charge in [0.2, 0.25) is 0 Å². The van der Waals surface area contributed by atoms with Crippen LogP contribution in [0, 0.1) is 4.77 Å². The minimum atomic E-state index is -4.56. The first-order valence-corrected chi connectivity index (χ1v) is 4.00. The molecule has 0 radical (unpaired) electrons. The molecule has 0 aliphatic rings. The van der Waals surface area contributed by atoms with Crippen LogP contribution in [0.5, 0.6) is 0 Å². The van der Waals surface area contributed by atoms with Gasteiger partial charge in [0.25, 0.3) is 5.56 Å². The molecule has 0 aliphatic carbocycles. The van der Waals surface area contributed by atoms with E-state index < -0.39 is 17.4 Å². The summed E-state index contributed by atoms with van der Waals surface area (Å²) in [6, 6.07) is 0.524. The SMILES string of the molecule is Cn1c(C(F)(F)F)cc(=O)n(C)c1=S. The molecule has 0 spiro atoms. The molecule has 0 unspecified atom stereocenters. The molecule has 1 aromatic rings. The van der Waals surface area contributed by atoms with Gasteiger partial charge in [-0.05, 0) is 12.2 Å². The molecule has 0 aromatic carbocycles. The summed E-state index contributed by atoms with van der Waals surface area (Å²) >= 11 is 4.66. The first kappa shape index (κ1) is 11.0. The molecule has 7 heteroatoms. The maximum Gasteiger partial charge on any atom is 0.431 e. The Hall–Kier alpha value is -1.11. The number of halogens is 3. The van der Waals surface area contributed by atoms with Crippen molar-refractivity contribution >= 4 is 12.2 Å². The Labute approximate surface area is 82.4 Å². The van der Waals surface area contributed by atoms with Crippen LogP contribution in [-0.4, -0.2) is 9.13 Å². The van der Waals surface area contributed by atoms with Crippen LogP contribution in [0.15, 0.2) is 10.9 Å². The second-order valence-corrected chi connectivity index (χ2v) is 3.13. The van der Waals surface area contributed by atoms with Crippen LogP contribution >= 0.6 is 12.2 Å². The van der Waals surface area contributed by atoms with Crippen LogP contribution in [-0.2, 0) is 20.3 Å². The van der Waals surface area contributed by atoms with E-state index in [2.05, 4.69) is 12.2 Å². The third-order valence-corrected chi connectivity index (χ3v) is 2.36.